The van der Waals surface area contributed by atoms with Crippen molar-refractivity contribution in [1.82, 2.24) is 24.9 Å². The number of likely N-dealkylation sites (tertiary alicyclic amines) is 1. The Hall–Kier alpha value is -3.36. The van der Waals surface area contributed by atoms with Gasteiger partial charge in [-0.1, -0.05) is 121 Å². The summed E-state index contributed by atoms with van der Waals surface area (Å²) in [5, 5.41) is 14.2. The van der Waals surface area contributed by atoms with Crippen molar-refractivity contribution in [1.29, 1.82) is 0 Å². The van der Waals surface area contributed by atoms with Crippen molar-refractivity contribution in [3.63, 3.8) is 0 Å². The van der Waals surface area contributed by atoms with Crippen LogP contribution in [0.4, 0.5) is 0 Å². The fourth-order valence-electron chi connectivity index (χ4n) is 9.06. The number of rotatable bonds is 15. The van der Waals surface area contributed by atoms with Gasteiger partial charge in [0.1, 0.15) is 0 Å². The van der Waals surface area contributed by atoms with E-state index in [0.29, 0.717) is 24.2 Å². The average Bonchev–Trinajstić information content (AvgIpc) is 3.62. The van der Waals surface area contributed by atoms with Crippen LogP contribution in [0.25, 0.3) is 0 Å². The van der Waals surface area contributed by atoms with Crippen LogP contribution in [-0.2, 0) is 19.3 Å². The molecule has 2 unspecified atom stereocenters. The summed E-state index contributed by atoms with van der Waals surface area (Å²) >= 11 is 0. The third-order valence-electron chi connectivity index (χ3n) is 11.9. The predicted molar refractivity (Wildman–Crippen MR) is 210 cm³/mol. The van der Waals surface area contributed by atoms with E-state index < -0.39 is 0 Å². The van der Waals surface area contributed by atoms with Crippen LogP contribution in [0.5, 0.6) is 0 Å². The Bertz CT molecular complexity index is 1560. The van der Waals surface area contributed by atoms with Gasteiger partial charge in [-0.2, -0.15) is 0 Å². The van der Waals surface area contributed by atoms with Gasteiger partial charge in [-0.3, -0.25) is 19.6 Å². The maximum atomic E-state index is 10.5. The molecule has 5 atom stereocenters. The summed E-state index contributed by atoms with van der Waals surface area (Å²) in [4.78, 5) is 11.2. The molecule has 6 heteroatoms. The van der Waals surface area contributed by atoms with Gasteiger partial charge in [-0.25, -0.2) is 0 Å². The first-order chi connectivity index (χ1) is 25.2. The van der Waals surface area contributed by atoms with E-state index in [1.165, 1.54) is 48.2 Å². The normalized spacial score (nSPS) is 23.7. The van der Waals surface area contributed by atoms with E-state index in [2.05, 4.69) is 146 Å². The lowest BCUT2D eigenvalue weighted by molar-refractivity contribution is 0.0238. The van der Waals surface area contributed by atoms with Crippen LogP contribution in [0.1, 0.15) is 41.0 Å². The van der Waals surface area contributed by atoms with Crippen LogP contribution in [0.3, 0.4) is 0 Å². The summed E-state index contributed by atoms with van der Waals surface area (Å²) < 4.78 is 0. The highest BCUT2D eigenvalue weighted by atomic mass is 16.3. The number of hydrogen-bond acceptors (Lipinski definition) is 6. The second-order valence-corrected chi connectivity index (χ2v) is 15.3. The maximum absolute atomic E-state index is 10.5. The topological polar surface area (TPSA) is 45.2 Å². The van der Waals surface area contributed by atoms with Crippen molar-refractivity contribution in [2.75, 3.05) is 72.1 Å². The fraction of sp³-hybridized carbons (Fsp3) is 0.467. The summed E-state index contributed by atoms with van der Waals surface area (Å²) in [7, 11) is 0. The molecule has 0 bridgehead atoms. The number of aliphatic hydroxyl groups excluding tert-OH is 1. The molecule has 0 spiro atoms. The molecule has 3 fully saturated rings. The van der Waals surface area contributed by atoms with Gasteiger partial charge in [0.15, 0.2) is 0 Å². The van der Waals surface area contributed by atoms with E-state index in [1.807, 2.05) is 0 Å². The molecule has 2 N–H and O–H groups in total. The van der Waals surface area contributed by atoms with E-state index in [-0.39, 0.29) is 12.5 Å². The quantitative estimate of drug-likeness (QED) is 0.170. The van der Waals surface area contributed by atoms with Gasteiger partial charge in [0.25, 0.3) is 0 Å². The summed E-state index contributed by atoms with van der Waals surface area (Å²) in [6.45, 7) is 11.0. The molecular weight excluding hydrogens is 627 g/mol. The predicted octanol–water partition coefficient (Wildman–Crippen LogP) is 5.58. The van der Waals surface area contributed by atoms with Gasteiger partial charge in [-0.15, -0.1) is 0 Å². The molecule has 3 saturated heterocycles. The third-order valence-corrected chi connectivity index (χ3v) is 11.9. The molecule has 0 saturated carbocycles. The Morgan fingerprint density at radius 3 is 1.88 bits per heavy atom. The van der Waals surface area contributed by atoms with E-state index in [4.69, 9.17) is 0 Å². The second-order valence-electron chi connectivity index (χ2n) is 15.3. The lowest BCUT2D eigenvalue weighted by Gasteiger charge is -2.47. The molecule has 0 amide bonds. The van der Waals surface area contributed by atoms with Crippen LogP contribution in [0.2, 0.25) is 0 Å². The minimum atomic E-state index is 0.122. The molecule has 0 aromatic heterocycles. The number of nitrogens with zero attached hydrogens (tertiary/aromatic N) is 4. The summed E-state index contributed by atoms with van der Waals surface area (Å²) in [6, 6.07) is 46.0. The summed E-state index contributed by atoms with van der Waals surface area (Å²) in [5.74, 6) is 0.122. The van der Waals surface area contributed by atoms with E-state index in [0.717, 1.165) is 71.6 Å². The zero-order valence-electron chi connectivity index (χ0n) is 30.5. The van der Waals surface area contributed by atoms with Crippen molar-refractivity contribution >= 4 is 0 Å². The molecule has 3 aliphatic heterocycles. The zero-order chi connectivity index (χ0) is 34.7. The standard InChI is InChI=1S/C45H59N5O/c51-36-41(40-20-11-4-12-21-40)32-49-26-27-50(35-44(49)29-38-16-7-2-8-17-38)45(30-39-18-9-3-10-19-39)34-47-24-13-22-42(47)33-48-25-23-46-31-43(48)28-37-14-5-1-6-15-37/h1-12,14-21,41-46,51H,13,22-36H2/t41?,42?,43-,44-,45-/m0/s1. The first-order valence-electron chi connectivity index (χ1n) is 19.7. The molecule has 4 aromatic carbocycles. The number of piperazine rings is 2. The Morgan fingerprint density at radius 1 is 0.608 bits per heavy atom. The summed E-state index contributed by atoms with van der Waals surface area (Å²) in [6.07, 6.45) is 5.82. The molecule has 51 heavy (non-hydrogen) atoms. The highest BCUT2D eigenvalue weighted by Gasteiger charge is 2.36. The largest absolute Gasteiger partial charge is 0.396 e. The Kier molecular flexibility index (Phi) is 13.0. The van der Waals surface area contributed by atoms with E-state index in [9.17, 15) is 5.11 Å². The van der Waals surface area contributed by atoms with E-state index >= 15 is 0 Å². The van der Waals surface area contributed by atoms with Gasteiger partial charge >= 0.3 is 0 Å². The molecule has 6 nitrogen and oxygen atoms in total. The molecule has 3 heterocycles. The van der Waals surface area contributed by atoms with Gasteiger partial charge < -0.3 is 10.4 Å². The Balaban J connectivity index is 1.08. The molecule has 3 aliphatic rings. The van der Waals surface area contributed by atoms with Crippen LogP contribution in [-0.4, -0.2) is 121 Å². The monoisotopic (exact) mass is 685 g/mol. The Labute approximate surface area is 307 Å². The molecule has 4 aromatic rings. The van der Waals surface area contributed by atoms with Crippen molar-refractivity contribution in [2.24, 2.45) is 0 Å². The summed E-state index contributed by atoms with van der Waals surface area (Å²) in [5.41, 5.74) is 5.52. The van der Waals surface area contributed by atoms with Crippen molar-refractivity contribution < 1.29 is 5.11 Å². The minimum absolute atomic E-state index is 0.122. The molecule has 0 aliphatic carbocycles. The highest BCUT2D eigenvalue weighted by Crippen LogP contribution is 2.27. The SMILES string of the molecule is OCC(CN1CCN([C@@H](Cc2ccccc2)CN2CCCC2CN2CCNC[C@@H]2Cc2ccccc2)C[C@@H]1Cc1ccccc1)c1ccccc1. The molecule has 7 rings (SSSR count). The Morgan fingerprint density at radius 2 is 1.22 bits per heavy atom. The number of nitrogens with one attached hydrogen (secondary N) is 1. The van der Waals surface area contributed by atoms with Gasteiger partial charge in [0, 0.05) is 89.0 Å². The van der Waals surface area contributed by atoms with Crippen LogP contribution >= 0.6 is 0 Å². The lowest BCUT2D eigenvalue weighted by Crippen LogP contribution is -2.60. The fourth-order valence-corrected chi connectivity index (χ4v) is 9.06. The molecular formula is C45H59N5O. The lowest BCUT2D eigenvalue weighted by atomic mass is 9.95. The number of benzene rings is 4. The molecule has 270 valence electrons. The third kappa shape index (κ3) is 9.95. The first-order valence-corrected chi connectivity index (χ1v) is 19.7. The molecule has 0 radical (unpaired) electrons. The first kappa shape index (κ1) is 36.0. The van der Waals surface area contributed by atoms with Crippen LogP contribution in [0.15, 0.2) is 121 Å². The van der Waals surface area contributed by atoms with Crippen molar-refractivity contribution in [3.8, 4) is 0 Å². The van der Waals surface area contributed by atoms with Crippen LogP contribution < -0.4 is 5.32 Å². The smallest absolute Gasteiger partial charge is 0.0512 e. The number of hydrogen-bond donors (Lipinski definition) is 2. The van der Waals surface area contributed by atoms with E-state index in [1.54, 1.807) is 0 Å². The maximum Gasteiger partial charge on any atom is 0.0512 e. The number of aliphatic hydroxyl groups is 1. The van der Waals surface area contributed by atoms with Gasteiger partial charge in [0.2, 0.25) is 0 Å². The van der Waals surface area contributed by atoms with Gasteiger partial charge in [0.05, 0.1) is 6.61 Å². The minimum Gasteiger partial charge on any atom is -0.396 e. The second kappa shape index (κ2) is 18.4. The van der Waals surface area contributed by atoms with Crippen molar-refractivity contribution in [3.05, 3.63) is 144 Å². The highest BCUT2D eigenvalue weighted by molar-refractivity contribution is 5.22. The van der Waals surface area contributed by atoms with Crippen LogP contribution in [0, 0.1) is 0 Å². The van der Waals surface area contributed by atoms with Gasteiger partial charge in [-0.05, 0) is 60.9 Å². The average molecular weight is 686 g/mol. The zero-order valence-corrected chi connectivity index (χ0v) is 30.5. The van der Waals surface area contributed by atoms with Crippen molar-refractivity contribution in [2.45, 2.75) is 62.2 Å².